The Bertz CT molecular complexity index is 780. The van der Waals surface area contributed by atoms with Gasteiger partial charge >= 0.3 is 0 Å². The molecule has 1 unspecified atom stereocenters. The standard InChI is InChI=1S/C16H18ClN3O4S/c1-10(19(2)9-12-5-7-15(17)25-12)16(21)18-13-8-11(20(22)23)4-6-14(13)24-3/h4-8,10H,9H2,1-3H3,(H,18,21)/p+1/t10-/m1/s1. The van der Waals surface area contributed by atoms with Gasteiger partial charge in [-0.05, 0) is 25.1 Å². The quantitative estimate of drug-likeness (QED) is 0.566. The Kier molecular flexibility index (Phi) is 6.35. The number of benzene rings is 1. The second-order valence-corrected chi connectivity index (χ2v) is 7.38. The van der Waals surface area contributed by atoms with Gasteiger partial charge in [0, 0.05) is 12.1 Å². The number of amides is 1. The monoisotopic (exact) mass is 384 g/mol. The maximum absolute atomic E-state index is 12.5. The van der Waals surface area contributed by atoms with E-state index in [0.29, 0.717) is 16.6 Å². The molecule has 2 atom stereocenters. The Morgan fingerprint density at radius 3 is 2.72 bits per heavy atom. The van der Waals surface area contributed by atoms with E-state index in [9.17, 15) is 14.9 Å². The van der Waals surface area contributed by atoms with Crippen molar-refractivity contribution in [2.75, 3.05) is 19.5 Å². The molecule has 0 saturated carbocycles. The van der Waals surface area contributed by atoms with E-state index in [-0.39, 0.29) is 23.3 Å². The van der Waals surface area contributed by atoms with E-state index in [4.69, 9.17) is 16.3 Å². The van der Waals surface area contributed by atoms with Gasteiger partial charge in [-0.1, -0.05) is 11.6 Å². The van der Waals surface area contributed by atoms with Crippen LogP contribution in [0.25, 0.3) is 0 Å². The lowest BCUT2D eigenvalue weighted by atomic mass is 10.2. The number of likely N-dealkylation sites (N-methyl/N-ethyl adjacent to an activating group) is 1. The molecule has 1 aromatic heterocycles. The fraction of sp³-hybridized carbons (Fsp3) is 0.312. The number of methoxy groups -OCH3 is 1. The molecule has 134 valence electrons. The van der Waals surface area contributed by atoms with Crippen molar-refractivity contribution < 1.29 is 19.4 Å². The number of carbonyl (C=O) groups is 1. The Morgan fingerprint density at radius 2 is 2.16 bits per heavy atom. The number of nitrogens with zero attached hydrogens (tertiary/aromatic N) is 1. The van der Waals surface area contributed by atoms with Gasteiger partial charge in [-0.3, -0.25) is 14.9 Å². The van der Waals surface area contributed by atoms with Gasteiger partial charge in [0.2, 0.25) is 0 Å². The number of hydrogen-bond donors (Lipinski definition) is 2. The zero-order chi connectivity index (χ0) is 18.6. The van der Waals surface area contributed by atoms with Gasteiger partial charge in [0.25, 0.3) is 11.6 Å². The van der Waals surface area contributed by atoms with Gasteiger partial charge in [-0.2, -0.15) is 0 Å². The second kappa shape index (κ2) is 8.28. The summed E-state index contributed by atoms with van der Waals surface area (Å²) in [4.78, 5) is 25.0. The summed E-state index contributed by atoms with van der Waals surface area (Å²) in [6, 6.07) is 7.47. The molecule has 0 aliphatic heterocycles. The summed E-state index contributed by atoms with van der Waals surface area (Å²) in [6.07, 6.45) is 0. The first-order chi connectivity index (χ1) is 11.8. The predicted octanol–water partition coefficient (Wildman–Crippen LogP) is 2.36. The minimum Gasteiger partial charge on any atom is -0.495 e. The van der Waals surface area contributed by atoms with Gasteiger partial charge in [0.15, 0.2) is 6.04 Å². The first-order valence-electron chi connectivity index (χ1n) is 7.51. The van der Waals surface area contributed by atoms with Crippen molar-refractivity contribution in [1.82, 2.24) is 0 Å². The number of halogens is 1. The Morgan fingerprint density at radius 1 is 1.44 bits per heavy atom. The number of thiophene rings is 1. The van der Waals surface area contributed by atoms with Crippen molar-refractivity contribution in [3.8, 4) is 5.75 Å². The Balaban J connectivity index is 2.09. The van der Waals surface area contributed by atoms with E-state index < -0.39 is 4.92 Å². The summed E-state index contributed by atoms with van der Waals surface area (Å²) >= 11 is 7.41. The maximum atomic E-state index is 12.5. The summed E-state index contributed by atoms with van der Waals surface area (Å²) in [5, 5.41) is 13.6. The Labute approximate surface area is 154 Å². The van der Waals surface area contributed by atoms with Crippen molar-refractivity contribution in [2.24, 2.45) is 0 Å². The third kappa shape index (κ3) is 4.91. The smallest absolute Gasteiger partial charge is 0.282 e. The molecule has 1 amide bonds. The van der Waals surface area contributed by atoms with E-state index in [2.05, 4.69) is 5.32 Å². The van der Waals surface area contributed by atoms with Gasteiger partial charge in [-0.25, -0.2) is 0 Å². The van der Waals surface area contributed by atoms with Gasteiger partial charge < -0.3 is 15.0 Å². The fourth-order valence-corrected chi connectivity index (χ4v) is 3.43. The minimum absolute atomic E-state index is 0.113. The highest BCUT2D eigenvalue weighted by atomic mass is 35.5. The largest absolute Gasteiger partial charge is 0.495 e. The molecule has 0 fully saturated rings. The summed E-state index contributed by atoms with van der Waals surface area (Å²) in [5.41, 5.74) is 0.165. The number of nitrogens with one attached hydrogen (secondary N) is 2. The number of hydrogen-bond acceptors (Lipinski definition) is 5. The summed E-state index contributed by atoms with van der Waals surface area (Å²) in [5.74, 6) is 0.118. The van der Waals surface area contributed by atoms with Crippen molar-refractivity contribution in [2.45, 2.75) is 19.5 Å². The van der Waals surface area contributed by atoms with Crippen LogP contribution in [0.15, 0.2) is 30.3 Å². The highest BCUT2D eigenvalue weighted by Crippen LogP contribution is 2.28. The van der Waals surface area contributed by atoms with Crippen molar-refractivity contribution in [1.29, 1.82) is 0 Å². The molecule has 0 radical (unpaired) electrons. The van der Waals surface area contributed by atoms with Crippen LogP contribution >= 0.6 is 22.9 Å². The number of carbonyl (C=O) groups excluding carboxylic acids is 1. The fourth-order valence-electron chi connectivity index (χ4n) is 2.25. The highest BCUT2D eigenvalue weighted by molar-refractivity contribution is 7.16. The molecular weight excluding hydrogens is 366 g/mol. The van der Waals surface area contributed by atoms with Gasteiger partial charge in [-0.15, -0.1) is 11.3 Å². The maximum Gasteiger partial charge on any atom is 0.282 e. The van der Waals surface area contributed by atoms with Gasteiger partial charge in [0.1, 0.15) is 12.3 Å². The topological polar surface area (TPSA) is 85.9 Å². The third-order valence-electron chi connectivity index (χ3n) is 3.87. The van der Waals surface area contributed by atoms with Crippen LogP contribution in [-0.2, 0) is 11.3 Å². The van der Waals surface area contributed by atoms with Crippen molar-refractivity contribution >= 4 is 40.2 Å². The third-order valence-corrected chi connectivity index (χ3v) is 5.10. The van der Waals surface area contributed by atoms with Crippen molar-refractivity contribution in [3.63, 3.8) is 0 Å². The molecule has 2 rings (SSSR count). The number of nitro benzene ring substituents is 1. The zero-order valence-electron chi connectivity index (χ0n) is 14.0. The lowest BCUT2D eigenvalue weighted by Gasteiger charge is -2.21. The van der Waals surface area contributed by atoms with E-state index in [1.165, 1.54) is 36.6 Å². The van der Waals surface area contributed by atoms with E-state index in [1.54, 1.807) is 6.92 Å². The number of anilines is 1. The number of ether oxygens (including phenoxy) is 1. The molecule has 0 saturated heterocycles. The van der Waals surface area contributed by atoms with E-state index in [0.717, 1.165) is 9.78 Å². The molecule has 1 heterocycles. The molecular formula is C16H19ClN3O4S+. The normalized spacial score (nSPS) is 13.1. The van der Waals surface area contributed by atoms with Crippen LogP contribution in [0.5, 0.6) is 5.75 Å². The van der Waals surface area contributed by atoms with Crippen LogP contribution < -0.4 is 15.0 Å². The average molecular weight is 385 g/mol. The first kappa shape index (κ1) is 19.2. The summed E-state index contributed by atoms with van der Waals surface area (Å²) in [6.45, 7) is 2.45. The number of nitro groups is 1. The van der Waals surface area contributed by atoms with E-state index >= 15 is 0 Å². The average Bonchev–Trinajstić information content (AvgIpc) is 2.98. The molecule has 0 bridgehead atoms. The number of non-ortho nitro benzene ring substituents is 1. The van der Waals surface area contributed by atoms with Crippen LogP contribution in [0.4, 0.5) is 11.4 Å². The molecule has 0 spiro atoms. The zero-order valence-corrected chi connectivity index (χ0v) is 15.6. The van der Waals surface area contributed by atoms with Crippen LogP contribution in [0, 0.1) is 10.1 Å². The molecule has 25 heavy (non-hydrogen) atoms. The number of quaternary nitrogens is 1. The molecule has 2 aromatic rings. The van der Waals surface area contributed by atoms with Crippen molar-refractivity contribution in [3.05, 3.63) is 49.7 Å². The molecule has 0 aliphatic rings. The predicted molar refractivity (Wildman–Crippen MR) is 97.7 cm³/mol. The summed E-state index contributed by atoms with van der Waals surface area (Å²) in [7, 11) is 3.35. The molecule has 7 nitrogen and oxygen atoms in total. The van der Waals surface area contributed by atoms with Crippen LogP contribution in [-0.4, -0.2) is 31.0 Å². The molecule has 9 heteroatoms. The first-order valence-corrected chi connectivity index (χ1v) is 8.71. The molecule has 2 N–H and O–H groups in total. The van der Waals surface area contributed by atoms with Crippen LogP contribution in [0.2, 0.25) is 4.34 Å². The molecule has 1 aromatic carbocycles. The SMILES string of the molecule is COc1ccc([N+](=O)[O-])cc1NC(=O)[C@@H](C)[NH+](C)Cc1ccc(Cl)s1. The number of rotatable bonds is 7. The lowest BCUT2D eigenvalue weighted by molar-refractivity contribution is -0.907. The van der Waals surface area contributed by atoms with E-state index in [1.807, 2.05) is 19.2 Å². The Hall–Kier alpha value is -2.16. The van der Waals surface area contributed by atoms with Crippen LogP contribution in [0.3, 0.4) is 0 Å². The second-order valence-electron chi connectivity index (χ2n) is 5.58. The lowest BCUT2D eigenvalue weighted by Crippen LogP contribution is -3.12. The minimum atomic E-state index is -0.517. The highest BCUT2D eigenvalue weighted by Gasteiger charge is 2.24. The van der Waals surface area contributed by atoms with Gasteiger partial charge in [0.05, 0.1) is 34.0 Å². The summed E-state index contributed by atoms with van der Waals surface area (Å²) < 4.78 is 5.87. The van der Waals surface area contributed by atoms with Crippen LogP contribution in [0.1, 0.15) is 11.8 Å². The molecule has 0 aliphatic carbocycles.